The maximum Gasteiger partial charge on any atom is 0.338 e. The van der Waals surface area contributed by atoms with Gasteiger partial charge in [-0.1, -0.05) is 93.6 Å². The molecule has 0 atom stereocenters. The zero-order valence-corrected chi connectivity index (χ0v) is 21.7. The van der Waals surface area contributed by atoms with Crippen molar-refractivity contribution in [1.82, 2.24) is 0 Å². The molecule has 35 heavy (non-hydrogen) atoms. The number of benzene rings is 2. The molecule has 0 bridgehead atoms. The molecule has 0 heterocycles. The third-order valence-electron chi connectivity index (χ3n) is 5.45. The van der Waals surface area contributed by atoms with E-state index >= 15 is 0 Å². The van der Waals surface area contributed by atoms with Gasteiger partial charge >= 0.3 is 5.97 Å². The minimum atomic E-state index is -0.674. The Kier molecular flexibility index (Phi) is 13.2. The zero-order chi connectivity index (χ0) is 25.5. The molecule has 0 saturated carbocycles. The molecule has 0 aliphatic rings. The number of carbonyl (C=O) groups is 3. The largest absolute Gasteiger partial charge is 0.452 e. The third kappa shape index (κ3) is 11.1. The van der Waals surface area contributed by atoms with Crippen molar-refractivity contribution in [2.45, 2.75) is 71.1 Å². The Labute approximate surface area is 217 Å². The van der Waals surface area contributed by atoms with E-state index in [1.165, 1.54) is 44.6 Å². The van der Waals surface area contributed by atoms with E-state index in [1.807, 2.05) is 0 Å². The summed E-state index contributed by atoms with van der Waals surface area (Å²) in [6, 6.07) is 11.3. The predicted octanol–water partition coefficient (Wildman–Crippen LogP) is 7.65. The minimum Gasteiger partial charge on any atom is -0.452 e. The molecular formula is C27H34Cl2N2O4. The number of hydrogen-bond acceptors (Lipinski definition) is 4. The molecule has 0 aromatic heterocycles. The summed E-state index contributed by atoms with van der Waals surface area (Å²) in [5.74, 6) is -1.31. The van der Waals surface area contributed by atoms with Gasteiger partial charge in [-0.3, -0.25) is 9.59 Å². The first-order valence-electron chi connectivity index (χ1n) is 12.2. The molecule has 190 valence electrons. The Bertz CT molecular complexity index is 981. The van der Waals surface area contributed by atoms with Gasteiger partial charge in [-0.25, -0.2) is 4.79 Å². The van der Waals surface area contributed by atoms with Crippen molar-refractivity contribution in [2.24, 2.45) is 0 Å². The molecule has 2 amide bonds. The second-order valence-corrected chi connectivity index (χ2v) is 9.22. The Morgan fingerprint density at radius 2 is 1.46 bits per heavy atom. The van der Waals surface area contributed by atoms with E-state index < -0.39 is 18.5 Å². The predicted molar refractivity (Wildman–Crippen MR) is 142 cm³/mol. The van der Waals surface area contributed by atoms with Gasteiger partial charge in [0.15, 0.2) is 6.61 Å². The average molecular weight is 521 g/mol. The van der Waals surface area contributed by atoms with Crippen LogP contribution in [0.5, 0.6) is 0 Å². The molecule has 2 aromatic carbocycles. The van der Waals surface area contributed by atoms with E-state index in [-0.39, 0.29) is 16.5 Å². The summed E-state index contributed by atoms with van der Waals surface area (Å²) in [5.41, 5.74) is 1.08. The van der Waals surface area contributed by atoms with E-state index in [9.17, 15) is 14.4 Å². The lowest BCUT2D eigenvalue weighted by Gasteiger charge is -2.10. The topological polar surface area (TPSA) is 84.5 Å². The van der Waals surface area contributed by atoms with Gasteiger partial charge in [0.05, 0.1) is 21.3 Å². The molecule has 0 aliphatic carbocycles. The number of esters is 1. The first-order chi connectivity index (χ1) is 16.9. The quantitative estimate of drug-likeness (QED) is 0.186. The lowest BCUT2D eigenvalue weighted by atomic mass is 10.1. The molecule has 2 aromatic rings. The summed E-state index contributed by atoms with van der Waals surface area (Å²) in [6.45, 7) is 1.73. The maximum atomic E-state index is 12.4. The van der Waals surface area contributed by atoms with Crippen molar-refractivity contribution >= 4 is 52.4 Å². The Balaban J connectivity index is 1.70. The summed E-state index contributed by atoms with van der Waals surface area (Å²) in [6.07, 6.45) is 11.2. The van der Waals surface area contributed by atoms with E-state index in [1.54, 1.807) is 36.4 Å². The van der Waals surface area contributed by atoms with Gasteiger partial charge in [0.2, 0.25) is 5.91 Å². The van der Waals surface area contributed by atoms with Gasteiger partial charge in [-0.2, -0.15) is 0 Å². The van der Waals surface area contributed by atoms with Crippen molar-refractivity contribution < 1.29 is 19.1 Å². The monoisotopic (exact) mass is 520 g/mol. The lowest BCUT2D eigenvalue weighted by molar-refractivity contribution is -0.119. The van der Waals surface area contributed by atoms with E-state index in [4.69, 9.17) is 27.9 Å². The number of anilines is 2. The van der Waals surface area contributed by atoms with Gasteiger partial charge in [0, 0.05) is 12.1 Å². The Morgan fingerprint density at radius 1 is 0.800 bits per heavy atom. The van der Waals surface area contributed by atoms with Crippen molar-refractivity contribution in [3.63, 3.8) is 0 Å². The van der Waals surface area contributed by atoms with E-state index in [2.05, 4.69) is 17.6 Å². The van der Waals surface area contributed by atoms with Crippen molar-refractivity contribution in [2.75, 3.05) is 17.2 Å². The first-order valence-corrected chi connectivity index (χ1v) is 13.0. The van der Waals surface area contributed by atoms with Crippen LogP contribution in [0.25, 0.3) is 0 Å². The van der Waals surface area contributed by atoms with Crippen LogP contribution in [0.2, 0.25) is 10.0 Å². The number of amides is 2. The Morgan fingerprint density at radius 3 is 2.17 bits per heavy atom. The van der Waals surface area contributed by atoms with Crippen LogP contribution in [0.4, 0.5) is 11.4 Å². The minimum absolute atomic E-state index is 0.0868. The maximum absolute atomic E-state index is 12.4. The van der Waals surface area contributed by atoms with Crippen LogP contribution in [0, 0.1) is 0 Å². The standard InChI is InChI=1S/C27H34Cl2N2O4/c1-2-3-4-5-6-7-8-9-10-17-24(32)30-21-14-11-13-20(18-21)27(34)35-19-25(33)31-23-16-12-15-22(28)26(23)29/h11-16,18H,2-10,17,19H2,1H3,(H,30,32)(H,31,33). The van der Waals surface area contributed by atoms with Gasteiger partial charge in [0.1, 0.15) is 0 Å². The fraction of sp³-hybridized carbons (Fsp3) is 0.444. The average Bonchev–Trinajstić information content (AvgIpc) is 2.84. The van der Waals surface area contributed by atoms with Crippen LogP contribution in [0.1, 0.15) is 81.5 Å². The molecule has 0 unspecified atom stereocenters. The second kappa shape index (κ2) is 16.2. The molecule has 6 nitrogen and oxygen atoms in total. The Hall–Kier alpha value is -2.57. The van der Waals surface area contributed by atoms with Gasteiger partial charge < -0.3 is 15.4 Å². The highest BCUT2D eigenvalue weighted by molar-refractivity contribution is 6.44. The summed E-state index contributed by atoms with van der Waals surface area (Å²) in [5, 5.41) is 5.88. The molecule has 0 radical (unpaired) electrons. The fourth-order valence-corrected chi connectivity index (χ4v) is 3.89. The van der Waals surface area contributed by atoms with Crippen molar-refractivity contribution in [3.8, 4) is 0 Å². The normalized spacial score (nSPS) is 10.6. The smallest absolute Gasteiger partial charge is 0.338 e. The third-order valence-corrected chi connectivity index (χ3v) is 6.27. The molecule has 8 heteroatoms. The highest BCUT2D eigenvalue weighted by atomic mass is 35.5. The van der Waals surface area contributed by atoms with Gasteiger partial charge in [-0.05, 0) is 36.8 Å². The zero-order valence-electron chi connectivity index (χ0n) is 20.2. The second-order valence-electron chi connectivity index (χ2n) is 8.43. The molecule has 2 N–H and O–H groups in total. The summed E-state index contributed by atoms with van der Waals surface area (Å²) in [4.78, 5) is 36.7. The number of carbonyl (C=O) groups excluding carboxylic acids is 3. The number of hydrogen-bond donors (Lipinski definition) is 2. The van der Waals surface area contributed by atoms with Crippen LogP contribution >= 0.6 is 23.2 Å². The van der Waals surface area contributed by atoms with Crippen LogP contribution in [0.15, 0.2) is 42.5 Å². The molecule has 0 aliphatic heterocycles. The summed E-state index contributed by atoms with van der Waals surface area (Å²) >= 11 is 12.0. The fourth-order valence-electron chi connectivity index (χ4n) is 3.54. The first kappa shape index (κ1) is 28.7. The van der Waals surface area contributed by atoms with Crippen molar-refractivity contribution in [3.05, 3.63) is 58.1 Å². The molecule has 2 rings (SSSR count). The van der Waals surface area contributed by atoms with Gasteiger partial charge in [-0.15, -0.1) is 0 Å². The number of ether oxygens (including phenoxy) is 1. The SMILES string of the molecule is CCCCCCCCCCCC(=O)Nc1cccc(C(=O)OCC(=O)Nc2cccc(Cl)c2Cl)c1. The van der Waals surface area contributed by atoms with Crippen LogP contribution in [-0.4, -0.2) is 24.4 Å². The lowest BCUT2D eigenvalue weighted by Crippen LogP contribution is -2.21. The van der Waals surface area contributed by atoms with Crippen LogP contribution in [0.3, 0.4) is 0 Å². The van der Waals surface area contributed by atoms with Gasteiger partial charge in [0.25, 0.3) is 5.91 Å². The highest BCUT2D eigenvalue weighted by Crippen LogP contribution is 2.29. The summed E-state index contributed by atoms with van der Waals surface area (Å²) < 4.78 is 5.09. The molecule has 0 spiro atoms. The van der Waals surface area contributed by atoms with Crippen LogP contribution < -0.4 is 10.6 Å². The number of nitrogens with one attached hydrogen (secondary N) is 2. The number of halogens is 2. The van der Waals surface area contributed by atoms with E-state index in [0.29, 0.717) is 22.8 Å². The number of rotatable bonds is 15. The molecule has 0 fully saturated rings. The number of unbranched alkanes of at least 4 members (excludes halogenated alkanes) is 8. The molecule has 0 saturated heterocycles. The highest BCUT2D eigenvalue weighted by Gasteiger charge is 2.13. The molecular weight excluding hydrogens is 487 g/mol. The summed E-state index contributed by atoms with van der Waals surface area (Å²) in [7, 11) is 0. The van der Waals surface area contributed by atoms with E-state index in [0.717, 1.165) is 19.3 Å². The van der Waals surface area contributed by atoms with Crippen molar-refractivity contribution in [1.29, 1.82) is 0 Å². The van der Waals surface area contributed by atoms with Crippen LogP contribution in [-0.2, 0) is 14.3 Å².